The van der Waals surface area contributed by atoms with Crippen LogP contribution in [0.5, 0.6) is 0 Å². The van der Waals surface area contributed by atoms with Crippen LogP contribution in [-0.2, 0) is 0 Å². The molecule has 0 spiro atoms. The Morgan fingerprint density at radius 3 is 2.71 bits per heavy atom. The number of para-hydroxylation sites is 1. The number of aryl methyl sites for hydroxylation is 1. The minimum absolute atomic E-state index is 0.0224. The fourth-order valence-electron chi connectivity index (χ4n) is 2.17. The molecule has 106 valence electrons. The van der Waals surface area contributed by atoms with Crippen LogP contribution in [0.3, 0.4) is 0 Å². The van der Waals surface area contributed by atoms with E-state index in [1.54, 1.807) is 12.1 Å². The Morgan fingerprint density at radius 2 is 2.00 bits per heavy atom. The van der Waals surface area contributed by atoms with Gasteiger partial charge in [0.15, 0.2) is 0 Å². The van der Waals surface area contributed by atoms with E-state index in [1.165, 1.54) is 19.1 Å². The highest BCUT2D eigenvalue weighted by Gasteiger charge is 2.16. The largest absolute Gasteiger partial charge is 0.478 e. The van der Waals surface area contributed by atoms with Gasteiger partial charge in [0.25, 0.3) is 0 Å². The number of hydrogen-bond donors (Lipinski definition) is 2. The molecule has 3 rings (SSSR count). The number of imidazole rings is 1. The molecule has 1 aromatic heterocycles. The van der Waals surface area contributed by atoms with Gasteiger partial charge in [-0.1, -0.05) is 6.07 Å². The lowest BCUT2D eigenvalue weighted by Crippen LogP contribution is -1.96. The second-order valence-electron chi connectivity index (χ2n) is 4.67. The van der Waals surface area contributed by atoms with Gasteiger partial charge in [-0.05, 0) is 30.7 Å². The van der Waals surface area contributed by atoms with E-state index in [9.17, 15) is 13.6 Å². The molecule has 6 heteroatoms. The lowest BCUT2D eigenvalue weighted by molar-refractivity contribution is 0.0699. The maximum atomic E-state index is 13.9. The van der Waals surface area contributed by atoms with E-state index in [-0.39, 0.29) is 28.0 Å². The molecule has 21 heavy (non-hydrogen) atoms. The number of hydrogen-bond acceptors (Lipinski definition) is 2. The van der Waals surface area contributed by atoms with Crippen molar-refractivity contribution in [3.63, 3.8) is 0 Å². The topological polar surface area (TPSA) is 66.0 Å². The van der Waals surface area contributed by atoms with E-state index >= 15 is 0 Å². The monoisotopic (exact) mass is 288 g/mol. The van der Waals surface area contributed by atoms with Crippen LogP contribution >= 0.6 is 0 Å². The summed E-state index contributed by atoms with van der Waals surface area (Å²) in [6.07, 6.45) is 0. The predicted molar refractivity (Wildman–Crippen MR) is 73.1 cm³/mol. The fourth-order valence-corrected chi connectivity index (χ4v) is 2.17. The van der Waals surface area contributed by atoms with Gasteiger partial charge in [0.1, 0.15) is 23.0 Å². The summed E-state index contributed by atoms with van der Waals surface area (Å²) in [5, 5.41) is 9.12. The van der Waals surface area contributed by atoms with E-state index < -0.39 is 17.6 Å². The van der Waals surface area contributed by atoms with Gasteiger partial charge < -0.3 is 10.1 Å². The molecule has 0 fully saturated rings. The van der Waals surface area contributed by atoms with E-state index in [0.29, 0.717) is 5.52 Å². The van der Waals surface area contributed by atoms with Gasteiger partial charge in [0, 0.05) is 6.07 Å². The first-order valence-electron chi connectivity index (χ1n) is 6.15. The van der Waals surface area contributed by atoms with Crippen molar-refractivity contribution in [2.24, 2.45) is 0 Å². The highest BCUT2D eigenvalue weighted by atomic mass is 19.1. The minimum Gasteiger partial charge on any atom is -0.478 e. The van der Waals surface area contributed by atoms with Gasteiger partial charge in [-0.15, -0.1) is 0 Å². The van der Waals surface area contributed by atoms with Gasteiger partial charge in [-0.2, -0.15) is 0 Å². The smallest absolute Gasteiger partial charge is 0.337 e. The highest BCUT2D eigenvalue weighted by Crippen LogP contribution is 2.26. The Morgan fingerprint density at radius 1 is 1.24 bits per heavy atom. The SMILES string of the molecule is Cc1cc(-c2nc3c(C(=O)O)cccc3[nH]2)c(F)cc1F. The van der Waals surface area contributed by atoms with Crippen molar-refractivity contribution in [2.75, 3.05) is 0 Å². The third kappa shape index (κ3) is 2.14. The van der Waals surface area contributed by atoms with Crippen molar-refractivity contribution in [1.29, 1.82) is 0 Å². The van der Waals surface area contributed by atoms with Crippen LogP contribution in [0, 0.1) is 18.6 Å². The molecule has 0 aliphatic heterocycles. The first-order chi connectivity index (χ1) is 9.97. The predicted octanol–water partition coefficient (Wildman–Crippen LogP) is 3.51. The van der Waals surface area contributed by atoms with E-state index in [1.807, 2.05) is 0 Å². The molecular weight excluding hydrogens is 278 g/mol. The minimum atomic E-state index is -1.12. The maximum Gasteiger partial charge on any atom is 0.337 e. The second-order valence-corrected chi connectivity index (χ2v) is 4.67. The number of aromatic nitrogens is 2. The molecule has 0 aliphatic rings. The number of carbonyl (C=O) groups is 1. The average Bonchev–Trinajstić information content (AvgIpc) is 2.85. The molecule has 0 saturated heterocycles. The van der Waals surface area contributed by atoms with Crippen LogP contribution in [0.4, 0.5) is 8.78 Å². The van der Waals surface area contributed by atoms with Gasteiger partial charge >= 0.3 is 5.97 Å². The third-order valence-electron chi connectivity index (χ3n) is 3.25. The number of halogens is 2. The zero-order valence-corrected chi connectivity index (χ0v) is 10.9. The van der Waals surface area contributed by atoms with Crippen molar-refractivity contribution in [3.05, 3.63) is 53.1 Å². The van der Waals surface area contributed by atoms with Crippen LogP contribution < -0.4 is 0 Å². The molecule has 3 aromatic rings. The summed E-state index contributed by atoms with van der Waals surface area (Å²) in [6, 6.07) is 6.76. The van der Waals surface area contributed by atoms with Crippen LogP contribution in [0.25, 0.3) is 22.4 Å². The number of nitrogens with zero attached hydrogens (tertiary/aromatic N) is 1. The van der Waals surface area contributed by atoms with Crippen molar-refractivity contribution >= 4 is 17.0 Å². The van der Waals surface area contributed by atoms with Gasteiger partial charge in [-0.3, -0.25) is 0 Å². The molecule has 1 heterocycles. The van der Waals surface area contributed by atoms with Crippen molar-refractivity contribution < 1.29 is 18.7 Å². The highest BCUT2D eigenvalue weighted by molar-refractivity contribution is 6.01. The first-order valence-corrected chi connectivity index (χ1v) is 6.15. The Kier molecular flexibility index (Phi) is 2.94. The van der Waals surface area contributed by atoms with E-state index in [2.05, 4.69) is 9.97 Å². The van der Waals surface area contributed by atoms with E-state index in [0.717, 1.165) is 6.07 Å². The second kappa shape index (κ2) is 4.66. The summed E-state index contributed by atoms with van der Waals surface area (Å²) in [7, 11) is 0. The number of fused-ring (bicyclic) bond motifs is 1. The quantitative estimate of drug-likeness (QED) is 0.758. The Balaban J connectivity index is 2.25. The number of carboxylic acids is 1. The molecule has 0 atom stereocenters. The van der Waals surface area contributed by atoms with Crippen LogP contribution in [0.15, 0.2) is 30.3 Å². The summed E-state index contributed by atoms with van der Waals surface area (Å²) in [5.41, 5.74) is 1.12. The van der Waals surface area contributed by atoms with Gasteiger partial charge in [-0.25, -0.2) is 18.6 Å². The maximum absolute atomic E-state index is 13.9. The van der Waals surface area contributed by atoms with Crippen LogP contribution in [-0.4, -0.2) is 21.0 Å². The summed E-state index contributed by atoms with van der Waals surface area (Å²) in [4.78, 5) is 18.1. The molecule has 0 saturated carbocycles. The van der Waals surface area contributed by atoms with Gasteiger partial charge in [0.05, 0.1) is 16.6 Å². The Hall–Kier alpha value is -2.76. The number of nitrogens with one attached hydrogen (secondary N) is 1. The molecule has 0 aliphatic carbocycles. The van der Waals surface area contributed by atoms with Crippen LogP contribution in [0.1, 0.15) is 15.9 Å². The van der Waals surface area contributed by atoms with Crippen molar-refractivity contribution in [3.8, 4) is 11.4 Å². The number of H-pyrrole nitrogens is 1. The molecule has 2 aromatic carbocycles. The summed E-state index contributed by atoms with van der Waals surface area (Å²) < 4.78 is 27.2. The summed E-state index contributed by atoms with van der Waals surface area (Å²) in [5.74, 6) is -2.35. The zero-order chi connectivity index (χ0) is 15.1. The Bertz CT molecular complexity index is 871. The van der Waals surface area contributed by atoms with Crippen molar-refractivity contribution in [2.45, 2.75) is 6.92 Å². The number of benzene rings is 2. The van der Waals surface area contributed by atoms with E-state index in [4.69, 9.17) is 5.11 Å². The van der Waals surface area contributed by atoms with Crippen LogP contribution in [0.2, 0.25) is 0 Å². The number of aromatic amines is 1. The lowest BCUT2D eigenvalue weighted by Gasteiger charge is -2.02. The third-order valence-corrected chi connectivity index (χ3v) is 3.25. The normalized spacial score (nSPS) is 11.0. The standard InChI is InChI=1S/C15H10F2N2O2/c1-7-5-9(11(17)6-10(7)16)14-18-12-4-2-3-8(15(20)21)13(12)19-14/h2-6H,1H3,(H,18,19)(H,20,21). The molecule has 0 amide bonds. The van der Waals surface area contributed by atoms with Gasteiger partial charge in [0.2, 0.25) is 0 Å². The summed E-state index contributed by atoms with van der Waals surface area (Å²) in [6.45, 7) is 1.52. The first kappa shape index (κ1) is 13.2. The lowest BCUT2D eigenvalue weighted by atomic mass is 10.1. The van der Waals surface area contributed by atoms with Crippen molar-refractivity contribution in [1.82, 2.24) is 9.97 Å². The fraction of sp³-hybridized carbons (Fsp3) is 0.0667. The number of carboxylic acid groups (broad SMARTS) is 1. The molecule has 0 bridgehead atoms. The Labute approximate surface area is 118 Å². The molecular formula is C15H10F2N2O2. The average molecular weight is 288 g/mol. The molecule has 0 radical (unpaired) electrons. The number of aromatic carboxylic acids is 1. The molecule has 0 unspecified atom stereocenters. The molecule has 2 N–H and O–H groups in total. The zero-order valence-electron chi connectivity index (χ0n) is 10.9. The summed E-state index contributed by atoms with van der Waals surface area (Å²) >= 11 is 0. The number of rotatable bonds is 2. The molecule has 4 nitrogen and oxygen atoms in total.